The fraction of sp³-hybridized carbons (Fsp3) is 0.500. The van der Waals surface area contributed by atoms with Gasteiger partial charge >= 0.3 is 12.1 Å². The topological polar surface area (TPSA) is 105 Å². The molecule has 6 nitrogen and oxygen atoms in total. The molecule has 1 amide bonds. The highest BCUT2D eigenvalue weighted by molar-refractivity contribution is 6.35. The van der Waals surface area contributed by atoms with Gasteiger partial charge in [0.05, 0.1) is 16.2 Å². The van der Waals surface area contributed by atoms with Crippen molar-refractivity contribution in [1.82, 2.24) is 4.98 Å². The minimum absolute atomic E-state index is 0.0495. The number of nitrogens with two attached hydrogens (primary N) is 1. The second-order valence-electron chi connectivity index (χ2n) is 7.74. The van der Waals surface area contributed by atoms with Crippen LogP contribution in [0.5, 0.6) is 0 Å². The molecule has 0 bridgehead atoms. The maximum atomic E-state index is 12.5. The number of carboxylic acids is 1. The molecule has 0 spiro atoms. The Kier molecular flexibility index (Phi) is 9.71. The van der Waals surface area contributed by atoms with Crippen LogP contribution in [-0.2, 0) is 16.0 Å². The number of hydrogen-bond donors (Lipinski definition) is 3. The van der Waals surface area contributed by atoms with E-state index in [0.717, 1.165) is 42.3 Å². The number of halogens is 4. The van der Waals surface area contributed by atoms with Gasteiger partial charge in [0.2, 0.25) is 5.91 Å². The lowest BCUT2D eigenvalue weighted by molar-refractivity contribution is -0.192. The third-order valence-corrected chi connectivity index (χ3v) is 5.54. The number of aromatic nitrogens is 1. The summed E-state index contributed by atoms with van der Waals surface area (Å²) in [6.45, 7) is 0.656. The Labute approximate surface area is 189 Å². The van der Waals surface area contributed by atoms with Gasteiger partial charge in [0, 0.05) is 17.5 Å². The largest absolute Gasteiger partial charge is 0.490 e. The van der Waals surface area contributed by atoms with Crippen molar-refractivity contribution in [3.63, 3.8) is 0 Å². The van der Waals surface area contributed by atoms with E-state index in [1.807, 2.05) is 18.2 Å². The van der Waals surface area contributed by atoms with Crippen LogP contribution in [0.25, 0.3) is 10.9 Å². The molecule has 10 heteroatoms. The number of benzene rings is 1. The van der Waals surface area contributed by atoms with E-state index in [0.29, 0.717) is 29.6 Å². The Morgan fingerprint density at radius 2 is 1.81 bits per heavy atom. The van der Waals surface area contributed by atoms with E-state index in [-0.39, 0.29) is 5.91 Å². The van der Waals surface area contributed by atoms with Gasteiger partial charge in [0.25, 0.3) is 0 Å². The zero-order chi connectivity index (χ0) is 23.7. The molecule has 0 unspecified atom stereocenters. The van der Waals surface area contributed by atoms with Crippen LogP contribution in [-0.4, -0.2) is 34.7 Å². The van der Waals surface area contributed by atoms with Crippen molar-refractivity contribution < 1.29 is 27.9 Å². The van der Waals surface area contributed by atoms with Crippen molar-refractivity contribution in [2.75, 3.05) is 11.9 Å². The second kappa shape index (κ2) is 12.0. The first-order valence-corrected chi connectivity index (χ1v) is 10.9. The first kappa shape index (κ1) is 25.9. The Morgan fingerprint density at radius 1 is 1.16 bits per heavy atom. The van der Waals surface area contributed by atoms with E-state index in [2.05, 4.69) is 10.3 Å². The number of nitrogens with zero attached hydrogens (tertiary/aromatic N) is 1. The van der Waals surface area contributed by atoms with Crippen molar-refractivity contribution in [2.45, 2.75) is 57.5 Å². The van der Waals surface area contributed by atoms with E-state index in [1.165, 1.54) is 19.3 Å². The lowest BCUT2D eigenvalue weighted by Crippen LogP contribution is -2.21. The highest BCUT2D eigenvalue weighted by atomic mass is 35.5. The third-order valence-electron chi connectivity index (χ3n) is 5.22. The quantitative estimate of drug-likeness (QED) is 0.526. The third kappa shape index (κ3) is 7.94. The molecule has 0 atom stereocenters. The van der Waals surface area contributed by atoms with Crippen LogP contribution >= 0.6 is 11.6 Å². The molecular formula is C22H27ClF3N3O3. The number of hydrogen-bond acceptors (Lipinski definition) is 4. The molecule has 3 rings (SSSR count). The molecule has 1 aromatic heterocycles. The van der Waals surface area contributed by atoms with Gasteiger partial charge in [-0.1, -0.05) is 30.9 Å². The van der Waals surface area contributed by atoms with Crippen molar-refractivity contribution in [3.8, 4) is 0 Å². The molecule has 1 saturated carbocycles. The highest BCUT2D eigenvalue weighted by Gasteiger charge is 2.38. The number of aliphatic carboxylic acids is 1. The van der Waals surface area contributed by atoms with E-state index in [1.54, 1.807) is 6.07 Å². The molecule has 1 aliphatic rings. The number of carbonyl (C=O) groups excluding carboxylic acids is 1. The van der Waals surface area contributed by atoms with Crippen LogP contribution in [0, 0.1) is 5.92 Å². The summed E-state index contributed by atoms with van der Waals surface area (Å²) in [6, 6.07) is 7.70. The maximum Gasteiger partial charge on any atom is 0.490 e. The molecule has 176 valence electrons. The molecule has 0 radical (unpaired) electrons. The number of fused-ring (bicyclic) bond motifs is 1. The van der Waals surface area contributed by atoms with Crippen LogP contribution < -0.4 is 11.1 Å². The fourth-order valence-electron chi connectivity index (χ4n) is 3.61. The molecule has 0 saturated heterocycles. The number of aryl methyl sites for hydroxylation is 1. The summed E-state index contributed by atoms with van der Waals surface area (Å²) in [6.07, 6.45) is 3.35. The lowest BCUT2D eigenvalue weighted by atomic mass is 9.87. The van der Waals surface area contributed by atoms with Crippen molar-refractivity contribution in [2.24, 2.45) is 11.7 Å². The Balaban J connectivity index is 0.000000451. The molecule has 4 N–H and O–H groups in total. The highest BCUT2D eigenvalue weighted by Crippen LogP contribution is 2.32. The number of amides is 1. The first-order valence-electron chi connectivity index (χ1n) is 10.5. The average Bonchev–Trinajstić information content (AvgIpc) is 2.74. The molecule has 1 heterocycles. The van der Waals surface area contributed by atoms with Crippen molar-refractivity contribution in [3.05, 3.63) is 35.0 Å². The standard InChI is InChI=1S/C20H26ClN3O.C2HF3O2/c21-17-10-11-18-16(9-8-15(23-18)7-4-12-22)20(17)24-19(25)13-14-5-2-1-3-6-14;3-2(4,5)1(6)7/h8-11,14H,1-7,12-13,22H2,(H,24,25);(H,6,7). The molecule has 1 fully saturated rings. The zero-order valence-corrected chi connectivity index (χ0v) is 18.3. The van der Waals surface area contributed by atoms with Gasteiger partial charge < -0.3 is 16.2 Å². The Bertz CT molecular complexity index is 932. The first-order chi connectivity index (χ1) is 15.1. The number of carboxylic acid groups (broad SMARTS) is 1. The number of carbonyl (C=O) groups is 2. The summed E-state index contributed by atoms with van der Waals surface area (Å²) in [5.41, 5.74) is 8.12. The van der Waals surface area contributed by atoms with Gasteiger partial charge in [-0.2, -0.15) is 13.2 Å². The fourth-order valence-corrected chi connectivity index (χ4v) is 3.83. The number of rotatable bonds is 6. The van der Waals surface area contributed by atoms with Crippen LogP contribution in [0.2, 0.25) is 5.02 Å². The van der Waals surface area contributed by atoms with Gasteiger partial charge in [-0.25, -0.2) is 4.79 Å². The summed E-state index contributed by atoms with van der Waals surface area (Å²) in [4.78, 5) is 26.0. The molecule has 0 aliphatic heterocycles. The van der Waals surface area contributed by atoms with E-state index in [9.17, 15) is 18.0 Å². The molecular weight excluding hydrogens is 447 g/mol. The Hall–Kier alpha value is -2.39. The summed E-state index contributed by atoms with van der Waals surface area (Å²) < 4.78 is 31.7. The minimum Gasteiger partial charge on any atom is -0.475 e. The monoisotopic (exact) mass is 473 g/mol. The summed E-state index contributed by atoms with van der Waals surface area (Å²) >= 11 is 6.35. The predicted molar refractivity (Wildman–Crippen MR) is 118 cm³/mol. The summed E-state index contributed by atoms with van der Waals surface area (Å²) in [5.74, 6) is -2.20. The number of nitrogens with one attached hydrogen (secondary N) is 1. The van der Waals surface area contributed by atoms with Crippen LogP contribution in [0.15, 0.2) is 24.3 Å². The van der Waals surface area contributed by atoms with Crippen LogP contribution in [0.4, 0.5) is 18.9 Å². The maximum absolute atomic E-state index is 12.5. The van der Waals surface area contributed by atoms with Gasteiger partial charge in [-0.3, -0.25) is 9.78 Å². The predicted octanol–water partition coefficient (Wildman–Crippen LogP) is 5.32. The van der Waals surface area contributed by atoms with Gasteiger partial charge in [-0.15, -0.1) is 0 Å². The van der Waals surface area contributed by atoms with Gasteiger partial charge in [0.1, 0.15) is 0 Å². The molecule has 1 aromatic carbocycles. The Morgan fingerprint density at radius 3 is 2.41 bits per heavy atom. The normalized spacial score (nSPS) is 14.5. The van der Waals surface area contributed by atoms with Crippen molar-refractivity contribution >= 4 is 40.1 Å². The van der Waals surface area contributed by atoms with Gasteiger partial charge in [-0.05, 0) is 62.4 Å². The molecule has 2 aromatic rings. The summed E-state index contributed by atoms with van der Waals surface area (Å²) in [5, 5.41) is 11.6. The molecule has 32 heavy (non-hydrogen) atoms. The van der Waals surface area contributed by atoms with Crippen molar-refractivity contribution in [1.29, 1.82) is 0 Å². The van der Waals surface area contributed by atoms with Gasteiger partial charge in [0.15, 0.2) is 0 Å². The lowest BCUT2D eigenvalue weighted by Gasteiger charge is -2.21. The van der Waals surface area contributed by atoms with E-state index >= 15 is 0 Å². The van der Waals surface area contributed by atoms with Crippen LogP contribution in [0.1, 0.15) is 50.6 Å². The van der Waals surface area contributed by atoms with Crippen LogP contribution in [0.3, 0.4) is 0 Å². The van der Waals surface area contributed by atoms with E-state index < -0.39 is 12.1 Å². The number of pyridine rings is 1. The average molecular weight is 474 g/mol. The smallest absolute Gasteiger partial charge is 0.475 e. The minimum atomic E-state index is -5.08. The van der Waals surface area contributed by atoms with E-state index in [4.69, 9.17) is 27.2 Å². The summed E-state index contributed by atoms with van der Waals surface area (Å²) in [7, 11) is 0. The molecule has 1 aliphatic carbocycles. The number of alkyl halides is 3. The zero-order valence-electron chi connectivity index (χ0n) is 17.6. The number of anilines is 1. The second-order valence-corrected chi connectivity index (χ2v) is 8.15. The SMILES string of the molecule is NCCCc1ccc2c(NC(=O)CC3CCCCC3)c(Cl)ccc2n1.O=C(O)C(F)(F)F.